The Kier molecular flexibility index (Phi) is 5.77. The van der Waals surface area contributed by atoms with E-state index in [4.69, 9.17) is 4.84 Å². The first-order valence-corrected chi connectivity index (χ1v) is 4.85. The van der Waals surface area contributed by atoms with Gasteiger partial charge in [0.25, 0.3) is 0 Å². The van der Waals surface area contributed by atoms with Crippen LogP contribution in [0.3, 0.4) is 0 Å². The predicted octanol–water partition coefficient (Wildman–Crippen LogP) is -0.874. The highest BCUT2D eigenvalue weighted by Gasteiger charge is 1.88. The van der Waals surface area contributed by atoms with E-state index >= 15 is 0 Å². The fourth-order valence-corrected chi connectivity index (χ4v) is 0.505. The molecule has 1 heterocycles. The summed E-state index contributed by atoms with van der Waals surface area (Å²) in [6, 6.07) is 5.75. The van der Waals surface area contributed by atoms with E-state index in [0.717, 1.165) is 7.11 Å². The van der Waals surface area contributed by atoms with Crippen molar-refractivity contribution < 1.29 is 26.7 Å². The van der Waals surface area contributed by atoms with Gasteiger partial charge in [-0.25, -0.2) is 8.42 Å². The Hall–Kier alpha value is -1.18. The first kappa shape index (κ1) is 12.8. The molecule has 0 saturated carbocycles. The van der Waals surface area contributed by atoms with Crippen molar-refractivity contribution in [3.05, 3.63) is 30.6 Å². The van der Waals surface area contributed by atoms with Gasteiger partial charge in [0.05, 0.1) is 7.11 Å². The largest absolute Gasteiger partial charge is 0.726 e. The molecule has 0 fully saturated rings. The topological polar surface area (TPSA) is 79.5 Å². The van der Waals surface area contributed by atoms with Crippen LogP contribution in [0.4, 0.5) is 0 Å². The zero-order chi connectivity index (χ0) is 11.0. The van der Waals surface area contributed by atoms with E-state index in [9.17, 15) is 13.0 Å². The first-order valence-electron chi connectivity index (χ1n) is 3.52. The lowest BCUT2D eigenvalue weighted by Gasteiger charge is -1.98. The van der Waals surface area contributed by atoms with Crippen molar-refractivity contribution in [2.24, 2.45) is 0 Å². The monoisotopic (exact) mass is 221 g/mol. The quantitative estimate of drug-likeness (QED) is 0.368. The Morgan fingerprint density at radius 2 is 1.57 bits per heavy atom. The van der Waals surface area contributed by atoms with Gasteiger partial charge in [-0.15, -0.1) is 0 Å². The van der Waals surface area contributed by atoms with E-state index in [-0.39, 0.29) is 0 Å². The van der Waals surface area contributed by atoms with Gasteiger partial charge in [0, 0.05) is 16.9 Å². The van der Waals surface area contributed by atoms with Crippen molar-refractivity contribution in [1.82, 2.24) is 0 Å². The van der Waals surface area contributed by atoms with Crippen LogP contribution in [0, 0.1) is 0 Å². The van der Waals surface area contributed by atoms with Crippen LogP contribution in [0.15, 0.2) is 30.6 Å². The summed E-state index contributed by atoms with van der Waals surface area (Å²) in [5.41, 5.74) is 0. The molecule has 0 aliphatic rings. The number of nitrogens with zero attached hydrogens (tertiary/aromatic N) is 1. The summed E-state index contributed by atoms with van der Waals surface area (Å²) in [4.78, 5) is 4.83. The molecule has 0 radical (unpaired) electrons. The van der Waals surface area contributed by atoms with Gasteiger partial charge >= 0.3 is 0 Å². The van der Waals surface area contributed by atoms with Crippen LogP contribution < -0.4 is 9.57 Å². The summed E-state index contributed by atoms with van der Waals surface area (Å²) < 4.78 is 32.6. The van der Waals surface area contributed by atoms with Crippen molar-refractivity contribution in [2.45, 2.75) is 0 Å². The fraction of sp³-hybridized carbons (Fsp3) is 0.286. The summed E-state index contributed by atoms with van der Waals surface area (Å²) in [7, 11) is -1.98. The number of rotatable bonds is 2. The third kappa shape index (κ3) is 7.47. The molecule has 0 unspecified atom stereocenters. The summed E-state index contributed by atoms with van der Waals surface area (Å²) >= 11 is 0. The average Bonchev–Trinajstić information content (AvgIpc) is 2.19. The molecule has 0 aliphatic carbocycles. The highest BCUT2D eigenvalue weighted by Crippen LogP contribution is 1.74. The molecular weight excluding hydrogens is 210 g/mol. The molecule has 1 rings (SSSR count). The molecule has 80 valence electrons. The standard InChI is InChI=1S/C6H8NO.CH4O4S/c1-8-7-5-3-2-4-6-7;1-5-6(2,3)4/h2-6H,1H3;1H3,(H,2,3,4)/q+1;/p-1. The Labute approximate surface area is 82.6 Å². The third-order valence-corrected chi connectivity index (χ3v) is 1.51. The normalized spacial score (nSPS) is 9.93. The van der Waals surface area contributed by atoms with Crippen molar-refractivity contribution in [3.8, 4) is 0 Å². The van der Waals surface area contributed by atoms with E-state index in [1.165, 1.54) is 0 Å². The van der Waals surface area contributed by atoms with E-state index in [1.54, 1.807) is 11.8 Å². The van der Waals surface area contributed by atoms with Crippen molar-refractivity contribution in [3.63, 3.8) is 0 Å². The number of pyridine rings is 1. The predicted molar refractivity (Wildman–Crippen MR) is 45.8 cm³/mol. The summed E-state index contributed by atoms with van der Waals surface area (Å²) in [6.45, 7) is 0. The maximum absolute atomic E-state index is 9.22. The van der Waals surface area contributed by atoms with Gasteiger partial charge in [0.2, 0.25) is 22.8 Å². The van der Waals surface area contributed by atoms with Gasteiger partial charge in [-0.05, 0) is 0 Å². The molecule has 0 aromatic carbocycles. The maximum atomic E-state index is 9.22. The fourth-order valence-electron chi connectivity index (χ4n) is 0.505. The Morgan fingerprint density at radius 3 is 1.79 bits per heavy atom. The van der Waals surface area contributed by atoms with Crippen LogP contribution in [-0.2, 0) is 14.6 Å². The molecule has 0 amide bonds. The van der Waals surface area contributed by atoms with Crippen LogP contribution in [0.1, 0.15) is 0 Å². The van der Waals surface area contributed by atoms with Gasteiger partial charge in [0.1, 0.15) is 7.11 Å². The van der Waals surface area contributed by atoms with E-state index < -0.39 is 10.4 Å². The minimum absolute atomic E-state index is 0.808. The summed E-state index contributed by atoms with van der Waals surface area (Å²) in [6.07, 6.45) is 3.67. The molecule has 1 aromatic rings. The zero-order valence-corrected chi connectivity index (χ0v) is 8.60. The van der Waals surface area contributed by atoms with Gasteiger partial charge in [-0.1, -0.05) is 6.07 Å². The van der Waals surface area contributed by atoms with Crippen molar-refractivity contribution >= 4 is 10.4 Å². The third-order valence-electron chi connectivity index (χ3n) is 1.10. The van der Waals surface area contributed by atoms with Gasteiger partial charge in [-0.2, -0.15) is 0 Å². The lowest BCUT2D eigenvalue weighted by atomic mass is 10.5. The lowest BCUT2D eigenvalue weighted by molar-refractivity contribution is -0.885. The van der Waals surface area contributed by atoms with Crippen LogP contribution in [0.25, 0.3) is 0 Å². The second-order valence-electron chi connectivity index (χ2n) is 1.99. The van der Waals surface area contributed by atoms with Gasteiger partial charge in [0.15, 0.2) is 0 Å². The summed E-state index contributed by atoms with van der Waals surface area (Å²) in [5, 5.41) is 0. The van der Waals surface area contributed by atoms with Crippen LogP contribution in [0.5, 0.6) is 0 Å². The molecule has 0 spiro atoms. The van der Waals surface area contributed by atoms with Crippen LogP contribution in [-0.4, -0.2) is 27.2 Å². The Bertz CT molecular complexity index is 336. The van der Waals surface area contributed by atoms with E-state index in [2.05, 4.69) is 4.18 Å². The summed E-state index contributed by atoms with van der Waals surface area (Å²) in [5.74, 6) is 0. The van der Waals surface area contributed by atoms with Crippen molar-refractivity contribution in [2.75, 3.05) is 14.2 Å². The highest BCUT2D eigenvalue weighted by atomic mass is 32.3. The molecule has 0 atom stereocenters. The highest BCUT2D eigenvalue weighted by molar-refractivity contribution is 7.80. The average molecular weight is 221 g/mol. The SMILES string of the molecule is COS(=O)(=O)[O-].CO[n+]1ccccc1. The lowest BCUT2D eigenvalue weighted by Crippen LogP contribution is -2.38. The number of aromatic nitrogens is 1. The zero-order valence-electron chi connectivity index (χ0n) is 7.78. The van der Waals surface area contributed by atoms with Gasteiger partial charge in [-0.3, -0.25) is 9.02 Å². The molecule has 0 bridgehead atoms. The second-order valence-corrected chi connectivity index (χ2v) is 3.14. The molecule has 1 aromatic heterocycles. The number of hydrogen-bond donors (Lipinski definition) is 0. The van der Waals surface area contributed by atoms with Crippen LogP contribution in [0.2, 0.25) is 0 Å². The number of hydrogen-bond acceptors (Lipinski definition) is 5. The molecule has 0 aliphatic heterocycles. The molecule has 6 nitrogen and oxygen atoms in total. The second kappa shape index (κ2) is 6.30. The molecular formula is C7H11NO5S. The Morgan fingerprint density at radius 1 is 1.14 bits per heavy atom. The molecule has 7 heteroatoms. The molecule has 0 N–H and O–H groups in total. The van der Waals surface area contributed by atoms with Crippen molar-refractivity contribution in [1.29, 1.82) is 0 Å². The van der Waals surface area contributed by atoms with E-state index in [0.29, 0.717) is 0 Å². The van der Waals surface area contributed by atoms with E-state index in [1.807, 2.05) is 30.6 Å². The minimum atomic E-state index is -4.41. The Balaban J connectivity index is 0.000000255. The molecule has 14 heavy (non-hydrogen) atoms. The minimum Gasteiger partial charge on any atom is -0.726 e. The smallest absolute Gasteiger partial charge is 0.222 e. The maximum Gasteiger partial charge on any atom is 0.222 e. The first-order chi connectivity index (χ1) is 6.49. The van der Waals surface area contributed by atoms with Crippen LogP contribution >= 0.6 is 0 Å². The molecule has 0 saturated heterocycles. The van der Waals surface area contributed by atoms with Gasteiger partial charge < -0.3 is 4.55 Å².